The lowest BCUT2D eigenvalue weighted by Gasteiger charge is -2.48. The lowest BCUT2D eigenvalue weighted by Crippen LogP contribution is -2.53. The first-order valence-electron chi connectivity index (χ1n) is 7.48. The molecule has 2 atom stereocenters. The molecule has 2 aliphatic rings. The lowest BCUT2D eigenvalue weighted by molar-refractivity contribution is -0.0613. The Balaban J connectivity index is 1.86. The summed E-state index contributed by atoms with van der Waals surface area (Å²) in [5.41, 5.74) is 0.493. The maximum Gasteiger partial charge on any atom is 0.137 e. The summed E-state index contributed by atoms with van der Waals surface area (Å²) >= 11 is 6.18. The van der Waals surface area contributed by atoms with Gasteiger partial charge in [-0.2, -0.15) is 0 Å². The van der Waals surface area contributed by atoms with Crippen LogP contribution in [0.1, 0.15) is 43.5 Å². The zero-order valence-corrected chi connectivity index (χ0v) is 12.9. The van der Waals surface area contributed by atoms with Gasteiger partial charge in [-0.3, -0.25) is 0 Å². The van der Waals surface area contributed by atoms with Crippen molar-refractivity contribution in [2.24, 2.45) is 5.92 Å². The monoisotopic (exact) mass is 295 g/mol. The van der Waals surface area contributed by atoms with E-state index in [2.05, 4.69) is 14.9 Å². The third kappa shape index (κ3) is 2.40. The maximum absolute atomic E-state index is 10.7. The molecular weight excluding hydrogens is 274 g/mol. The molecule has 1 saturated carbocycles. The Hall–Kier alpha value is -0.870. The fourth-order valence-electron chi connectivity index (χ4n) is 3.65. The Morgan fingerprint density at radius 3 is 2.85 bits per heavy atom. The van der Waals surface area contributed by atoms with Gasteiger partial charge in [-0.25, -0.2) is 9.97 Å². The third-order valence-corrected chi connectivity index (χ3v) is 5.27. The Morgan fingerprint density at radius 1 is 1.25 bits per heavy atom. The summed E-state index contributed by atoms with van der Waals surface area (Å²) in [7, 11) is 0. The van der Waals surface area contributed by atoms with Crippen LogP contribution in [-0.2, 0) is 0 Å². The Morgan fingerprint density at radius 2 is 2.05 bits per heavy atom. The minimum Gasteiger partial charge on any atom is -0.389 e. The lowest BCUT2D eigenvalue weighted by atomic mass is 9.71. The van der Waals surface area contributed by atoms with Gasteiger partial charge in [0.2, 0.25) is 0 Å². The first-order chi connectivity index (χ1) is 9.49. The fourth-order valence-corrected chi connectivity index (χ4v) is 3.86. The van der Waals surface area contributed by atoms with Crippen molar-refractivity contribution in [3.63, 3.8) is 0 Å². The predicted octanol–water partition coefficient (Wildman–Crippen LogP) is 2.88. The molecule has 1 aliphatic carbocycles. The molecule has 1 aromatic heterocycles. The van der Waals surface area contributed by atoms with E-state index in [4.69, 9.17) is 11.6 Å². The normalized spacial score (nSPS) is 30.2. The van der Waals surface area contributed by atoms with Crippen LogP contribution in [0.15, 0.2) is 0 Å². The SMILES string of the molecule is Cc1nc(Cl)c(C)c(N2CCC3(O)CCCCC3C2)n1. The van der Waals surface area contributed by atoms with Gasteiger partial charge in [-0.1, -0.05) is 24.4 Å². The maximum atomic E-state index is 10.7. The van der Waals surface area contributed by atoms with Crippen molar-refractivity contribution in [1.82, 2.24) is 9.97 Å². The molecule has 2 heterocycles. The van der Waals surface area contributed by atoms with E-state index in [-0.39, 0.29) is 0 Å². The first kappa shape index (κ1) is 14.1. The van der Waals surface area contributed by atoms with Crippen molar-refractivity contribution in [3.05, 3.63) is 16.5 Å². The van der Waals surface area contributed by atoms with Crippen molar-refractivity contribution >= 4 is 17.4 Å². The molecule has 1 aliphatic heterocycles. The molecule has 0 aromatic carbocycles. The molecule has 2 fully saturated rings. The summed E-state index contributed by atoms with van der Waals surface area (Å²) in [5, 5.41) is 11.3. The second-order valence-corrected chi connectivity index (χ2v) is 6.61. The van der Waals surface area contributed by atoms with Gasteiger partial charge in [0.1, 0.15) is 16.8 Å². The molecule has 5 heteroatoms. The molecule has 0 radical (unpaired) electrons. The molecule has 1 N–H and O–H groups in total. The molecule has 110 valence electrons. The highest BCUT2D eigenvalue weighted by Gasteiger charge is 2.43. The van der Waals surface area contributed by atoms with Gasteiger partial charge < -0.3 is 10.0 Å². The van der Waals surface area contributed by atoms with Gasteiger partial charge >= 0.3 is 0 Å². The second kappa shape index (κ2) is 5.15. The highest BCUT2D eigenvalue weighted by molar-refractivity contribution is 6.30. The third-order valence-electron chi connectivity index (χ3n) is 4.90. The number of rotatable bonds is 1. The van der Waals surface area contributed by atoms with E-state index in [0.29, 0.717) is 16.9 Å². The van der Waals surface area contributed by atoms with Crippen LogP contribution >= 0.6 is 11.6 Å². The van der Waals surface area contributed by atoms with E-state index in [9.17, 15) is 5.11 Å². The molecular formula is C15H22ClN3O. The Bertz CT molecular complexity index is 522. The summed E-state index contributed by atoms with van der Waals surface area (Å²) in [4.78, 5) is 11.0. The van der Waals surface area contributed by atoms with Crippen molar-refractivity contribution in [2.75, 3.05) is 18.0 Å². The van der Waals surface area contributed by atoms with Crippen LogP contribution in [0.4, 0.5) is 5.82 Å². The molecule has 1 saturated heterocycles. The average molecular weight is 296 g/mol. The van der Waals surface area contributed by atoms with E-state index >= 15 is 0 Å². The standard InChI is InChI=1S/C15H22ClN3O/c1-10-13(16)17-11(2)18-14(10)19-8-7-15(20)6-4-3-5-12(15)9-19/h12,20H,3-9H2,1-2H3. The van der Waals surface area contributed by atoms with Crippen LogP contribution in [0.3, 0.4) is 0 Å². The van der Waals surface area contributed by atoms with E-state index < -0.39 is 5.60 Å². The van der Waals surface area contributed by atoms with Gasteiger partial charge in [0.15, 0.2) is 0 Å². The molecule has 0 amide bonds. The summed E-state index contributed by atoms with van der Waals surface area (Å²) in [5.74, 6) is 2.01. The quantitative estimate of drug-likeness (QED) is 0.810. The smallest absolute Gasteiger partial charge is 0.137 e. The second-order valence-electron chi connectivity index (χ2n) is 6.25. The number of hydrogen-bond acceptors (Lipinski definition) is 4. The number of fused-ring (bicyclic) bond motifs is 1. The van der Waals surface area contributed by atoms with Crippen LogP contribution < -0.4 is 4.90 Å². The molecule has 0 spiro atoms. The number of aliphatic hydroxyl groups is 1. The molecule has 0 bridgehead atoms. The van der Waals surface area contributed by atoms with Gasteiger partial charge in [-0.05, 0) is 33.1 Å². The zero-order valence-electron chi connectivity index (χ0n) is 12.2. The van der Waals surface area contributed by atoms with Crippen LogP contribution in [-0.4, -0.2) is 33.8 Å². The molecule has 4 nitrogen and oxygen atoms in total. The predicted molar refractivity (Wildman–Crippen MR) is 80.3 cm³/mol. The summed E-state index contributed by atoms with van der Waals surface area (Å²) < 4.78 is 0. The topological polar surface area (TPSA) is 49.2 Å². The van der Waals surface area contributed by atoms with Crippen molar-refractivity contribution < 1.29 is 5.11 Å². The number of nitrogens with zero attached hydrogens (tertiary/aromatic N) is 3. The number of aryl methyl sites for hydroxylation is 1. The minimum atomic E-state index is -0.450. The van der Waals surface area contributed by atoms with E-state index in [1.807, 2.05) is 13.8 Å². The van der Waals surface area contributed by atoms with Crippen LogP contribution in [0, 0.1) is 19.8 Å². The van der Waals surface area contributed by atoms with Crippen molar-refractivity contribution in [2.45, 2.75) is 51.6 Å². The summed E-state index contributed by atoms with van der Waals surface area (Å²) in [6.45, 7) is 5.57. The van der Waals surface area contributed by atoms with Crippen LogP contribution in [0.25, 0.3) is 0 Å². The van der Waals surface area contributed by atoms with Gasteiger partial charge in [0.25, 0.3) is 0 Å². The van der Waals surface area contributed by atoms with Crippen LogP contribution in [0.2, 0.25) is 5.15 Å². The van der Waals surface area contributed by atoms with Gasteiger partial charge in [0.05, 0.1) is 5.60 Å². The van der Waals surface area contributed by atoms with Gasteiger partial charge in [0, 0.05) is 24.6 Å². The molecule has 20 heavy (non-hydrogen) atoms. The number of hydrogen-bond donors (Lipinski definition) is 1. The Kier molecular flexibility index (Phi) is 3.63. The summed E-state index contributed by atoms with van der Waals surface area (Å²) in [6, 6.07) is 0. The average Bonchev–Trinajstić information content (AvgIpc) is 2.42. The largest absolute Gasteiger partial charge is 0.389 e. The van der Waals surface area contributed by atoms with E-state index in [1.54, 1.807) is 0 Å². The van der Waals surface area contributed by atoms with Crippen molar-refractivity contribution in [3.8, 4) is 0 Å². The van der Waals surface area contributed by atoms with Gasteiger partial charge in [-0.15, -0.1) is 0 Å². The van der Waals surface area contributed by atoms with Crippen molar-refractivity contribution in [1.29, 1.82) is 0 Å². The van der Waals surface area contributed by atoms with E-state index in [0.717, 1.165) is 50.2 Å². The molecule has 2 unspecified atom stereocenters. The Labute approximate surface area is 125 Å². The fraction of sp³-hybridized carbons (Fsp3) is 0.733. The highest BCUT2D eigenvalue weighted by Crippen LogP contribution is 2.41. The first-order valence-corrected chi connectivity index (χ1v) is 7.85. The van der Waals surface area contributed by atoms with E-state index in [1.165, 1.54) is 6.42 Å². The number of piperidine rings is 1. The molecule has 1 aromatic rings. The number of halogens is 1. The number of anilines is 1. The molecule has 3 rings (SSSR count). The highest BCUT2D eigenvalue weighted by atomic mass is 35.5. The minimum absolute atomic E-state index is 0.360. The number of aromatic nitrogens is 2. The zero-order chi connectivity index (χ0) is 14.3. The van der Waals surface area contributed by atoms with Crippen LogP contribution in [0.5, 0.6) is 0 Å². The summed E-state index contributed by atoms with van der Waals surface area (Å²) in [6.07, 6.45) is 5.28.